The molecule has 29 heavy (non-hydrogen) atoms. The van der Waals surface area contributed by atoms with Crippen molar-refractivity contribution in [2.45, 2.75) is 12.8 Å². The Hall–Kier alpha value is -3.67. The summed E-state index contributed by atoms with van der Waals surface area (Å²) in [5, 5.41) is 12.6. The van der Waals surface area contributed by atoms with Crippen molar-refractivity contribution in [1.29, 1.82) is 0 Å². The van der Waals surface area contributed by atoms with Gasteiger partial charge in [-0.2, -0.15) is 0 Å². The van der Waals surface area contributed by atoms with Crippen molar-refractivity contribution in [1.82, 2.24) is 20.5 Å². The number of hydrogen-bond acceptors (Lipinski definition) is 4. The maximum Gasteiger partial charge on any atom is 0.271 e. The van der Waals surface area contributed by atoms with Crippen LogP contribution in [0.1, 0.15) is 21.6 Å². The number of fused-ring (bicyclic) bond motifs is 2. The van der Waals surface area contributed by atoms with Crippen LogP contribution in [0, 0.1) is 0 Å². The number of aromatic amines is 1. The van der Waals surface area contributed by atoms with E-state index in [1.165, 1.54) is 16.5 Å². The van der Waals surface area contributed by atoms with Crippen LogP contribution in [-0.2, 0) is 12.8 Å². The Morgan fingerprint density at radius 1 is 1.03 bits per heavy atom. The summed E-state index contributed by atoms with van der Waals surface area (Å²) in [5.74, 6) is 0.566. The second kappa shape index (κ2) is 7.39. The molecule has 5 rings (SSSR count). The molecule has 0 fully saturated rings. The van der Waals surface area contributed by atoms with Gasteiger partial charge >= 0.3 is 0 Å². The van der Waals surface area contributed by atoms with Crippen LogP contribution in [0.5, 0.6) is 0 Å². The Labute approximate surface area is 168 Å². The lowest BCUT2D eigenvalue weighted by Crippen LogP contribution is -2.27. The number of amides is 1. The molecule has 1 amide bonds. The van der Waals surface area contributed by atoms with Crippen LogP contribution in [0.2, 0.25) is 0 Å². The summed E-state index contributed by atoms with van der Waals surface area (Å²) in [7, 11) is 0. The van der Waals surface area contributed by atoms with Crippen LogP contribution in [0.4, 0.5) is 11.5 Å². The molecule has 0 saturated heterocycles. The molecule has 3 heterocycles. The van der Waals surface area contributed by atoms with Gasteiger partial charge in [0.05, 0.1) is 0 Å². The lowest BCUT2D eigenvalue weighted by molar-refractivity contribution is 0.0948. The fourth-order valence-electron chi connectivity index (χ4n) is 3.91. The fourth-order valence-corrected chi connectivity index (χ4v) is 3.91. The van der Waals surface area contributed by atoms with Crippen molar-refractivity contribution in [3.8, 4) is 0 Å². The van der Waals surface area contributed by atoms with Crippen LogP contribution in [0.15, 0.2) is 66.9 Å². The molecule has 4 aromatic rings. The number of carbonyl (C=O) groups is 1. The Morgan fingerprint density at radius 3 is 2.79 bits per heavy atom. The number of benzene rings is 2. The number of aromatic nitrogens is 3. The monoisotopic (exact) mass is 383 g/mol. The molecule has 6 nitrogen and oxygen atoms in total. The van der Waals surface area contributed by atoms with E-state index in [1.807, 2.05) is 36.5 Å². The summed E-state index contributed by atoms with van der Waals surface area (Å²) in [6.45, 7) is 1.42. The largest absolute Gasteiger partial charge is 0.361 e. The van der Waals surface area contributed by atoms with Crippen LogP contribution in [0.3, 0.4) is 0 Å². The van der Waals surface area contributed by atoms with Crippen LogP contribution in [0.25, 0.3) is 10.9 Å². The van der Waals surface area contributed by atoms with E-state index in [4.69, 9.17) is 0 Å². The predicted molar refractivity (Wildman–Crippen MR) is 114 cm³/mol. The highest BCUT2D eigenvalue weighted by atomic mass is 16.1. The van der Waals surface area contributed by atoms with E-state index in [0.29, 0.717) is 12.2 Å². The van der Waals surface area contributed by atoms with Gasteiger partial charge in [0.15, 0.2) is 11.5 Å². The molecule has 2 aromatic carbocycles. The normalized spacial score (nSPS) is 12.9. The number of H-pyrrole nitrogens is 1. The average Bonchev–Trinajstić information content (AvgIpc) is 3.38. The van der Waals surface area contributed by atoms with Crippen molar-refractivity contribution in [3.63, 3.8) is 0 Å². The van der Waals surface area contributed by atoms with Gasteiger partial charge in [-0.3, -0.25) is 4.79 Å². The Morgan fingerprint density at radius 2 is 1.90 bits per heavy atom. The maximum absolute atomic E-state index is 12.4. The van der Waals surface area contributed by atoms with E-state index in [0.717, 1.165) is 36.4 Å². The predicted octanol–water partition coefficient (Wildman–Crippen LogP) is 3.62. The van der Waals surface area contributed by atoms with Gasteiger partial charge in [-0.15, -0.1) is 10.2 Å². The topological polar surface area (TPSA) is 73.9 Å². The van der Waals surface area contributed by atoms with E-state index in [9.17, 15) is 4.79 Å². The molecular formula is C23H21N5O. The molecule has 0 aliphatic carbocycles. The van der Waals surface area contributed by atoms with Gasteiger partial charge in [-0.25, -0.2) is 0 Å². The molecule has 1 aliphatic rings. The quantitative estimate of drug-likeness (QED) is 0.552. The zero-order chi connectivity index (χ0) is 19.6. The lowest BCUT2D eigenvalue weighted by Gasteiger charge is -2.17. The van der Waals surface area contributed by atoms with Gasteiger partial charge in [0, 0.05) is 35.9 Å². The summed E-state index contributed by atoms with van der Waals surface area (Å²) in [6.07, 6.45) is 3.75. The average molecular weight is 383 g/mol. The van der Waals surface area contributed by atoms with Crippen LogP contribution < -0.4 is 10.2 Å². The zero-order valence-corrected chi connectivity index (χ0v) is 15.9. The first-order valence-corrected chi connectivity index (χ1v) is 9.82. The summed E-state index contributed by atoms with van der Waals surface area (Å²) < 4.78 is 0. The highest BCUT2D eigenvalue weighted by Crippen LogP contribution is 2.32. The maximum atomic E-state index is 12.4. The molecule has 2 aromatic heterocycles. The summed E-state index contributed by atoms with van der Waals surface area (Å²) in [5.41, 5.74) is 5.11. The molecule has 0 bridgehead atoms. The van der Waals surface area contributed by atoms with Crippen molar-refractivity contribution in [2.75, 3.05) is 18.0 Å². The SMILES string of the molecule is O=C(NCCc1c[nH]c2ccccc12)c1ccc(N2CCc3ccccc32)nn1. The van der Waals surface area contributed by atoms with Gasteiger partial charge in [0.1, 0.15) is 0 Å². The minimum absolute atomic E-state index is 0.203. The molecule has 0 saturated carbocycles. The Kier molecular flexibility index (Phi) is 4.44. The van der Waals surface area contributed by atoms with Crippen LogP contribution in [-0.4, -0.2) is 34.2 Å². The molecule has 0 radical (unpaired) electrons. The standard InChI is InChI=1S/C23H21N5O/c29-23(24-13-11-17-15-25-19-7-3-2-6-18(17)19)20-9-10-22(27-26-20)28-14-12-16-5-1-4-8-21(16)28/h1-10,15,25H,11-14H2,(H,24,29). The molecule has 0 spiro atoms. The number of nitrogens with zero attached hydrogens (tertiary/aromatic N) is 3. The Balaban J connectivity index is 1.22. The van der Waals surface area contributed by atoms with Crippen molar-refractivity contribution in [3.05, 3.63) is 83.7 Å². The van der Waals surface area contributed by atoms with E-state index in [1.54, 1.807) is 6.07 Å². The molecule has 0 unspecified atom stereocenters. The van der Waals surface area contributed by atoms with Gasteiger partial charge < -0.3 is 15.2 Å². The van der Waals surface area contributed by atoms with Crippen LogP contribution >= 0.6 is 0 Å². The van der Waals surface area contributed by atoms with E-state index in [-0.39, 0.29) is 5.91 Å². The van der Waals surface area contributed by atoms with Crippen molar-refractivity contribution >= 4 is 28.3 Å². The fraction of sp³-hybridized carbons (Fsp3) is 0.174. The summed E-state index contributed by atoms with van der Waals surface area (Å²) in [6, 6.07) is 20.1. The zero-order valence-electron chi connectivity index (χ0n) is 15.9. The molecule has 144 valence electrons. The highest BCUT2D eigenvalue weighted by molar-refractivity contribution is 5.92. The van der Waals surface area contributed by atoms with Gasteiger partial charge in [0.25, 0.3) is 5.91 Å². The van der Waals surface area contributed by atoms with Gasteiger partial charge in [-0.05, 0) is 48.2 Å². The van der Waals surface area contributed by atoms with Gasteiger partial charge in [0.2, 0.25) is 0 Å². The number of hydrogen-bond donors (Lipinski definition) is 2. The second-order valence-electron chi connectivity index (χ2n) is 7.17. The number of nitrogens with one attached hydrogen (secondary N) is 2. The van der Waals surface area contributed by atoms with Crippen molar-refractivity contribution < 1.29 is 4.79 Å². The third kappa shape index (κ3) is 3.33. The van der Waals surface area contributed by atoms with E-state index >= 15 is 0 Å². The van der Waals surface area contributed by atoms with Gasteiger partial charge in [-0.1, -0.05) is 36.4 Å². The number of carbonyl (C=O) groups excluding carboxylic acids is 1. The first-order chi connectivity index (χ1) is 14.3. The number of rotatable bonds is 5. The molecule has 2 N–H and O–H groups in total. The molecule has 6 heteroatoms. The highest BCUT2D eigenvalue weighted by Gasteiger charge is 2.21. The first-order valence-electron chi connectivity index (χ1n) is 9.82. The summed E-state index contributed by atoms with van der Waals surface area (Å²) in [4.78, 5) is 17.8. The Bertz CT molecular complexity index is 1170. The smallest absolute Gasteiger partial charge is 0.271 e. The molecule has 0 atom stereocenters. The molecular weight excluding hydrogens is 362 g/mol. The third-order valence-electron chi connectivity index (χ3n) is 5.40. The minimum Gasteiger partial charge on any atom is -0.361 e. The minimum atomic E-state index is -0.203. The molecule has 1 aliphatic heterocycles. The van der Waals surface area contributed by atoms with E-state index < -0.39 is 0 Å². The second-order valence-corrected chi connectivity index (χ2v) is 7.17. The first kappa shape index (κ1) is 17.4. The lowest BCUT2D eigenvalue weighted by atomic mass is 10.1. The third-order valence-corrected chi connectivity index (χ3v) is 5.40. The number of para-hydroxylation sites is 2. The number of anilines is 2. The summed E-state index contributed by atoms with van der Waals surface area (Å²) >= 11 is 0. The van der Waals surface area contributed by atoms with Crippen molar-refractivity contribution in [2.24, 2.45) is 0 Å². The van der Waals surface area contributed by atoms with E-state index in [2.05, 4.69) is 49.7 Å².